The van der Waals surface area contributed by atoms with Gasteiger partial charge in [-0.05, 0) is 12.1 Å². The molecule has 114 valence electrons. The van der Waals surface area contributed by atoms with Gasteiger partial charge in [0.05, 0.1) is 18.6 Å². The SMILES string of the molecule is CC(C)(C)c1nnc(SCC(=O)NCc2ccco2)n1N. The molecule has 0 fully saturated rings. The third-order valence-electron chi connectivity index (χ3n) is 2.71. The molecule has 0 atom stereocenters. The van der Waals surface area contributed by atoms with Crippen LogP contribution in [0.15, 0.2) is 28.0 Å². The van der Waals surface area contributed by atoms with Crippen molar-refractivity contribution in [2.24, 2.45) is 0 Å². The summed E-state index contributed by atoms with van der Waals surface area (Å²) in [6.45, 7) is 6.38. The summed E-state index contributed by atoms with van der Waals surface area (Å²) in [6, 6.07) is 3.58. The average molecular weight is 309 g/mol. The second-order valence-electron chi connectivity index (χ2n) is 5.57. The minimum Gasteiger partial charge on any atom is -0.467 e. The number of hydrogen-bond acceptors (Lipinski definition) is 6. The predicted octanol–water partition coefficient (Wildman–Crippen LogP) is 1.29. The minimum atomic E-state index is -0.192. The summed E-state index contributed by atoms with van der Waals surface area (Å²) < 4.78 is 6.57. The Morgan fingerprint density at radius 3 is 2.81 bits per heavy atom. The predicted molar refractivity (Wildman–Crippen MR) is 80.2 cm³/mol. The first-order chi connectivity index (χ1) is 9.88. The van der Waals surface area contributed by atoms with Crippen molar-refractivity contribution in [3.05, 3.63) is 30.0 Å². The summed E-state index contributed by atoms with van der Waals surface area (Å²) in [5.74, 6) is 7.45. The summed E-state index contributed by atoms with van der Waals surface area (Å²) in [5, 5.41) is 11.4. The van der Waals surface area contributed by atoms with Crippen LogP contribution in [0.4, 0.5) is 0 Å². The van der Waals surface area contributed by atoms with Crippen molar-refractivity contribution in [2.45, 2.75) is 37.9 Å². The topological polar surface area (TPSA) is 99.0 Å². The molecule has 1 amide bonds. The van der Waals surface area contributed by atoms with Gasteiger partial charge in [0.25, 0.3) is 0 Å². The summed E-state index contributed by atoms with van der Waals surface area (Å²) in [6.07, 6.45) is 1.57. The number of carbonyl (C=O) groups excluding carboxylic acids is 1. The van der Waals surface area contributed by atoms with Crippen LogP contribution in [-0.2, 0) is 16.8 Å². The molecule has 21 heavy (non-hydrogen) atoms. The maximum Gasteiger partial charge on any atom is 0.230 e. The molecule has 0 radical (unpaired) electrons. The van der Waals surface area contributed by atoms with E-state index in [0.29, 0.717) is 23.3 Å². The molecule has 0 unspecified atom stereocenters. The highest BCUT2D eigenvalue weighted by Crippen LogP contribution is 2.22. The number of furan rings is 1. The van der Waals surface area contributed by atoms with Gasteiger partial charge in [0, 0.05) is 5.41 Å². The van der Waals surface area contributed by atoms with Crippen molar-refractivity contribution in [2.75, 3.05) is 11.6 Å². The number of aromatic nitrogens is 3. The van der Waals surface area contributed by atoms with Crippen molar-refractivity contribution in [1.82, 2.24) is 20.2 Å². The number of amides is 1. The van der Waals surface area contributed by atoms with Gasteiger partial charge in [-0.15, -0.1) is 10.2 Å². The minimum absolute atomic E-state index is 0.114. The van der Waals surface area contributed by atoms with E-state index in [9.17, 15) is 4.79 Å². The van der Waals surface area contributed by atoms with Crippen LogP contribution in [-0.4, -0.2) is 26.5 Å². The highest BCUT2D eigenvalue weighted by Gasteiger charge is 2.23. The van der Waals surface area contributed by atoms with Gasteiger partial charge in [-0.25, -0.2) is 4.68 Å². The molecule has 0 aliphatic rings. The second-order valence-corrected chi connectivity index (χ2v) is 6.51. The van der Waals surface area contributed by atoms with Crippen LogP contribution in [0.1, 0.15) is 32.4 Å². The van der Waals surface area contributed by atoms with Gasteiger partial charge in [-0.1, -0.05) is 32.5 Å². The lowest BCUT2D eigenvalue weighted by Crippen LogP contribution is -2.26. The van der Waals surface area contributed by atoms with E-state index in [1.807, 2.05) is 20.8 Å². The molecule has 3 N–H and O–H groups in total. The molecule has 0 aliphatic heterocycles. The Morgan fingerprint density at radius 2 is 2.24 bits per heavy atom. The summed E-state index contributed by atoms with van der Waals surface area (Å²) >= 11 is 1.25. The van der Waals surface area contributed by atoms with Crippen LogP contribution in [0, 0.1) is 0 Å². The van der Waals surface area contributed by atoms with Crippen LogP contribution in [0.25, 0.3) is 0 Å². The molecule has 7 nitrogen and oxygen atoms in total. The third kappa shape index (κ3) is 4.01. The summed E-state index contributed by atoms with van der Waals surface area (Å²) in [5.41, 5.74) is -0.192. The van der Waals surface area contributed by atoms with Crippen molar-refractivity contribution in [3.8, 4) is 0 Å². The van der Waals surface area contributed by atoms with Gasteiger partial charge in [0.15, 0.2) is 5.82 Å². The number of rotatable bonds is 5. The van der Waals surface area contributed by atoms with Gasteiger partial charge >= 0.3 is 0 Å². The largest absolute Gasteiger partial charge is 0.467 e. The van der Waals surface area contributed by atoms with E-state index in [1.165, 1.54) is 16.4 Å². The molecule has 8 heteroatoms. The fourth-order valence-electron chi connectivity index (χ4n) is 1.67. The quantitative estimate of drug-likeness (QED) is 0.638. The first-order valence-corrected chi connectivity index (χ1v) is 7.49. The van der Waals surface area contributed by atoms with E-state index in [-0.39, 0.29) is 17.1 Å². The fourth-order valence-corrected chi connectivity index (χ4v) is 2.35. The number of nitrogens with one attached hydrogen (secondary N) is 1. The lowest BCUT2D eigenvalue weighted by molar-refractivity contribution is -0.118. The first kappa shape index (κ1) is 15.4. The Labute approximate surface area is 127 Å². The van der Waals surface area contributed by atoms with Crippen LogP contribution < -0.4 is 11.2 Å². The highest BCUT2D eigenvalue weighted by molar-refractivity contribution is 7.99. The van der Waals surface area contributed by atoms with Crippen LogP contribution >= 0.6 is 11.8 Å². The van der Waals surface area contributed by atoms with Crippen molar-refractivity contribution >= 4 is 17.7 Å². The molecule has 0 saturated carbocycles. The van der Waals surface area contributed by atoms with Gasteiger partial charge < -0.3 is 15.6 Å². The lowest BCUT2D eigenvalue weighted by Gasteiger charge is -2.16. The van der Waals surface area contributed by atoms with E-state index < -0.39 is 0 Å². The molecule has 0 bridgehead atoms. The van der Waals surface area contributed by atoms with E-state index in [4.69, 9.17) is 10.3 Å². The molecule has 0 aliphatic carbocycles. The molecular formula is C13H19N5O2S. The first-order valence-electron chi connectivity index (χ1n) is 6.51. The molecule has 0 saturated heterocycles. The molecule has 0 aromatic carbocycles. The maximum absolute atomic E-state index is 11.8. The van der Waals surface area contributed by atoms with Crippen LogP contribution in [0.2, 0.25) is 0 Å². The average Bonchev–Trinajstić information content (AvgIpc) is 3.02. The zero-order valence-electron chi connectivity index (χ0n) is 12.3. The fraction of sp³-hybridized carbons (Fsp3) is 0.462. The Balaban J connectivity index is 1.85. The number of nitrogen functional groups attached to an aromatic ring is 1. The van der Waals surface area contributed by atoms with E-state index in [1.54, 1.807) is 18.4 Å². The maximum atomic E-state index is 11.8. The van der Waals surface area contributed by atoms with Gasteiger partial charge in [0.1, 0.15) is 5.76 Å². The lowest BCUT2D eigenvalue weighted by atomic mass is 9.96. The van der Waals surface area contributed by atoms with Gasteiger partial charge in [-0.3, -0.25) is 4.79 Å². The Kier molecular flexibility index (Phi) is 4.56. The second kappa shape index (κ2) is 6.21. The van der Waals surface area contributed by atoms with E-state index >= 15 is 0 Å². The number of thioether (sulfide) groups is 1. The van der Waals surface area contributed by atoms with Crippen LogP contribution in [0.5, 0.6) is 0 Å². The normalized spacial score (nSPS) is 11.6. The van der Waals surface area contributed by atoms with Crippen LogP contribution in [0.3, 0.4) is 0 Å². The highest BCUT2D eigenvalue weighted by atomic mass is 32.2. The molecule has 2 heterocycles. The number of nitrogens with zero attached hydrogens (tertiary/aromatic N) is 3. The zero-order chi connectivity index (χ0) is 15.5. The number of nitrogens with two attached hydrogens (primary N) is 1. The number of carbonyl (C=O) groups is 1. The van der Waals surface area contributed by atoms with E-state index in [2.05, 4.69) is 15.5 Å². The Morgan fingerprint density at radius 1 is 1.48 bits per heavy atom. The standard InChI is InChI=1S/C13H19N5O2S/c1-13(2,3)11-16-17-12(18(11)14)21-8-10(19)15-7-9-5-4-6-20-9/h4-6H,7-8,14H2,1-3H3,(H,15,19). The Bertz CT molecular complexity index is 601. The summed E-state index contributed by atoms with van der Waals surface area (Å²) in [4.78, 5) is 11.8. The zero-order valence-corrected chi connectivity index (χ0v) is 13.1. The molecule has 0 spiro atoms. The van der Waals surface area contributed by atoms with Crippen molar-refractivity contribution in [1.29, 1.82) is 0 Å². The van der Waals surface area contributed by atoms with Gasteiger partial charge in [-0.2, -0.15) is 0 Å². The van der Waals surface area contributed by atoms with E-state index in [0.717, 1.165) is 0 Å². The van der Waals surface area contributed by atoms with Crippen molar-refractivity contribution < 1.29 is 9.21 Å². The number of hydrogen-bond donors (Lipinski definition) is 2. The van der Waals surface area contributed by atoms with Gasteiger partial charge in [0.2, 0.25) is 11.1 Å². The monoisotopic (exact) mass is 309 g/mol. The smallest absolute Gasteiger partial charge is 0.230 e. The molecular weight excluding hydrogens is 290 g/mol. The Hall–Kier alpha value is -1.96. The third-order valence-corrected chi connectivity index (χ3v) is 3.65. The molecule has 2 aromatic heterocycles. The molecule has 2 rings (SSSR count). The van der Waals surface area contributed by atoms with Crippen molar-refractivity contribution in [3.63, 3.8) is 0 Å². The molecule has 2 aromatic rings. The summed E-state index contributed by atoms with van der Waals surface area (Å²) in [7, 11) is 0.